The summed E-state index contributed by atoms with van der Waals surface area (Å²) in [5.74, 6) is 0.102. The Morgan fingerprint density at radius 2 is 2.12 bits per heavy atom. The Morgan fingerprint density at radius 3 is 2.88 bits per heavy atom. The van der Waals surface area contributed by atoms with E-state index in [-0.39, 0.29) is 24.3 Å². The number of carbonyl (C=O) groups is 2. The monoisotopic (exact) mass is 470 g/mol. The zero-order chi connectivity index (χ0) is 23.9. The molecule has 178 valence electrons. The number of benzene rings is 1. The van der Waals surface area contributed by atoms with Gasteiger partial charge in [-0.25, -0.2) is 18.9 Å². The van der Waals surface area contributed by atoms with Crippen molar-refractivity contribution in [2.24, 2.45) is 5.73 Å². The molecule has 2 aromatic heterocycles. The molecule has 2 amide bonds. The fourth-order valence-electron chi connectivity index (χ4n) is 3.42. The second kappa shape index (κ2) is 10.7. The molecule has 1 fully saturated rings. The molecule has 1 unspecified atom stereocenters. The van der Waals surface area contributed by atoms with Gasteiger partial charge in [-0.15, -0.1) is 5.10 Å². The maximum atomic E-state index is 13.3. The summed E-state index contributed by atoms with van der Waals surface area (Å²) in [6.07, 6.45) is 2.44. The molecule has 1 aromatic carbocycles. The second-order valence-corrected chi connectivity index (χ2v) is 7.53. The molecule has 34 heavy (non-hydrogen) atoms. The van der Waals surface area contributed by atoms with E-state index >= 15 is 0 Å². The summed E-state index contributed by atoms with van der Waals surface area (Å²) in [6, 6.07) is 8.94. The molecule has 3 aromatic rings. The SMILES string of the molecule is NC(=O)OCCc1cn(CC2CN(C(=O)c3ccc(Oc4cccc(F)c4)cn3)CCO2)nn1. The van der Waals surface area contributed by atoms with Crippen LogP contribution in [0.15, 0.2) is 48.8 Å². The van der Waals surface area contributed by atoms with Crippen LogP contribution in [0.2, 0.25) is 0 Å². The molecule has 0 aliphatic carbocycles. The van der Waals surface area contributed by atoms with E-state index in [0.717, 1.165) is 0 Å². The Morgan fingerprint density at radius 1 is 1.24 bits per heavy atom. The molecule has 4 rings (SSSR count). The van der Waals surface area contributed by atoms with Crippen molar-refractivity contribution >= 4 is 12.0 Å². The normalized spacial score (nSPS) is 15.7. The Kier molecular flexibility index (Phi) is 7.28. The zero-order valence-electron chi connectivity index (χ0n) is 18.2. The van der Waals surface area contributed by atoms with Crippen molar-refractivity contribution in [3.8, 4) is 11.5 Å². The highest BCUT2D eigenvalue weighted by molar-refractivity contribution is 5.92. The highest BCUT2D eigenvalue weighted by Gasteiger charge is 2.26. The molecule has 1 aliphatic heterocycles. The average molecular weight is 470 g/mol. The molecule has 12 heteroatoms. The number of hydrogen-bond donors (Lipinski definition) is 1. The number of nitrogens with two attached hydrogens (primary N) is 1. The van der Waals surface area contributed by atoms with Gasteiger partial charge in [0.05, 0.1) is 37.8 Å². The first kappa shape index (κ1) is 23.1. The Bertz CT molecular complexity index is 1140. The number of ether oxygens (including phenoxy) is 3. The van der Waals surface area contributed by atoms with Crippen LogP contribution in [0.1, 0.15) is 16.2 Å². The molecular weight excluding hydrogens is 447 g/mol. The maximum Gasteiger partial charge on any atom is 0.404 e. The van der Waals surface area contributed by atoms with Crippen molar-refractivity contribution < 1.29 is 28.2 Å². The largest absolute Gasteiger partial charge is 0.456 e. The summed E-state index contributed by atoms with van der Waals surface area (Å²) >= 11 is 0. The van der Waals surface area contributed by atoms with E-state index in [9.17, 15) is 14.0 Å². The van der Waals surface area contributed by atoms with Gasteiger partial charge in [0.25, 0.3) is 5.91 Å². The molecule has 3 heterocycles. The summed E-state index contributed by atoms with van der Waals surface area (Å²) in [5.41, 5.74) is 5.85. The van der Waals surface area contributed by atoms with E-state index in [2.05, 4.69) is 15.3 Å². The van der Waals surface area contributed by atoms with Gasteiger partial charge in [-0.3, -0.25) is 4.79 Å². The van der Waals surface area contributed by atoms with Crippen molar-refractivity contribution in [3.63, 3.8) is 0 Å². The third-order valence-electron chi connectivity index (χ3n) is 4.99. The third kappa shape index (κ3) is 6.25. The molecule has 1 aliphatic rings. The topological polar surface area (TPSA) is 135 Å². The maximum absolute atomic E-state index is 13.3. The fourth-order valence-corrected chi connectivity index (χ4v) is 3.42. The molecule has 0 spiro atoms. The molecule has 1 saturated heterocycles. The van der Waals surface area contributed by atoms with Gasteiger partial charge >= 0.3 is 6.09 Å². The Balaban J connectivity index is 1.31. The van der Waals surface area contributed by atoms with E-state index in [0.29, 0.717) is 49.9 Å². The number of primary amides is 1. The highest BCUT2D eigenvalue weighted by Crippen LogP contribution is 2.21. The Labute approximate surface area is 194 Å². The fraction of sp³-hybridized carbons (Fsp3) is 0.318. The number of aromatic nitrogens is 4. The van der Waals surface area contributed by atoms with Crippen LogP contribution in [0.25, 0.3) is 0 Å². The highest BCUT2D eigenvalue weighted by atomic mass is 19.1. The van der Waals surface area contributed by atoms with E-state index in [1.807, 2.05) is 0 Å². The molecule has 0 radical (unpaired) electrons. The quantitative estimate of drug-likeness (QED) is 0.526. The van der Waals surface area contributed by atoms with E-state index in [1.165, 1.54) is 18.3 Å². The molecule has 0 saturated carbocycles. The number of amides is 2. The van der Waals surface area contributed by atoms with Gasteiger partial charge < -0.3 is 24.8 Å². The van der Waals surface area contributed by atoms with Gasteiger partial charge in [-0.1, -0.05) is 11.3 Å². The van der Waals surface area contributed by atoms with Crippen LogP contribution in [-0.4, -0.2) is 69.3 Å². The Hall–Kier alpha value is -4.06. The van der Waals surface area contributed by atoms with Crippen LogP contribution in [0, 0.1) is 5.82 Å². The van der Waals surface area contributed by atoms with Crippen LogP contribution < -0.4 is 10.5 Å². The first-order chi connectivity index (χ1) is 16.5. The number of carbonyl (C=O) groups excluding carboxylic acids is 2. The van der Waals surface area contributed by atoms with Gasteiger partial charge in [0.15, 0.2) is 0 Å². The summed E-state index contributed by atoms with van der Waals surface area (Å²) in [4.78, 5) is 29.4. The minimum atomic E-state index is -0.837. The van der Waals surface area contributed by atoms with E-state index < -0.39 is 11.9 Å². The van der Waals surface area contributed by atoms with Gasteiger partial charge in [-0.05, 0) is 24.3 Å². The summed E-state index contributed by atoms with van der Waals surface area (Å²) in [7, 11) is 0. The average Bonchev–Trinajstić information content (AvgIpc) is 3.26. The van der Waals surface area contributed by atoms with Crippen molar-refractivity contribution in [1.82, 2.24) is 24.9 Å². The third-order valence-corrected chi connectivity index (χ3v) is 4.99. The van der Waals surface area contributed by atoms with Crippen molar-refractivity contribution in [3.05, 3.63) is 66.0 Å². The summed E-state index contributed by atoms with van der Waals surface area (Å²) < 4.78 is 31.0. The smallest absolute Gasteiger partial charge is 0.404 e. The number of pyridine rings is 1. The standard InChI is InChI=1S/C22H23FN6O5/c23-15-2-1-3-17(10-15)34-18-4-5-20(25-11-18)21(30)28-7-9-32-19(13-28)14-29-12-16(26-27-29)6-8-33-22(24)31/h1-5,10-12,19H,6-9,13-14H2,(H2,24,31). The lowest BCUT2D eigenvalue weighted by molar-refractivity contribution is -0.0303. The van der Waals surface area contributed by atoms with E-state index in [4.69, 9.17) is 19.9 Å². The number of hydrogen-bond acceptors (Lipinski definition) is 8. The van der Waals surface area contributed by atoms with Gasteiger partial charge in [0.1, 0.15) is 23.0 Å². The van der Waals surface area contributed by atoms with Gasteiger partial charge in [-0.2, -0.15) is 0 Å². The predicted octanol–water partition coefficient (Wildman–Crippen LogP) is 1.78. The van der Waals surface area contributed by atoms with Crippen molar-refractivity contribution in [2.75, 3.05) is 26.3 Å². The van der Waals surface area contributed by atoms with Crippen LogP contribution in [-0.2, 0) is 22.4 Å². The van der Waals surface area contributed by atoms with Crippen molar-refractivity contribution in [1.29, 1.82) is 0 Å². The lowest BCUT2D eigenvalue weighted by atomic mass is 10.2. The lowest BCUT2D eigenvalue weighted by Gasteiger charge is -2.32. The summed E-state index contributed by atoms with van der Waals surface area (Å²) in [5, 5.41) is 8.07. The molecular formula is C22H23FN6O5. The molecule has 1 atom stereocenters. The number of nitrogens with zero attached hydrogens (tertiary/aromatic N) is 5. The number of morpholine rings is 1. The van der Waals surface area contributed by atoms with Gasteiger partial charge in [0.2, 0.25) is 0 Å². The number of rotatable bonds is 8. The minimum Gasteiger partial charge on any atom is -0.456 e. The molecule has 0 bridgehead atoms. The van der Waals surface area contributed by atoms with Crippen LogP contribution in [0.5, 0.6) is 11.5 Å². The van der Waals surface area contributed by atoms with Crippen LogP contribution >= 0.6 is 0 Å². The predicted molar refractivity (Wildman–Crippen MR) is 116 cm³/mol. The van der Waals surface area contributed by atoms with Gasteiger partial charge in [0, 0.05) is 31.8 Å². The lowest BCUT2D eigenvalue weighted by Crippen LogP contribution is -2.47. The van der Waals surface area contributed by atoms with Crippen LogP contribution in [0.3, 0.4) is 0 Å². The zero-order valence-corrected chi connectivity index (χ0v) is 18.2. The first-order valence-corrected chi connectivity index (χ1v) is 10.6. The number of halogens is 1. The molecule has 2 N–H and O–H groups in total. The second-order valence-electron chi connectivity index (χ2n) is 7.53. The van der Waals surface area contributed by atoms with E-state index in [1.54, 1.807) is 40.0 Å². The van der Waals surface area contributed by atoms with Crippen molar-refractivity contribution in [2.45, 2.75) is 19.1 Å². The summed E-state index contributed by atoms with van der Waals surface area (Å²) in [6.45, 7) is 1.70. The van der Waals surface area contributed by atoms with Crippen LogP contribution in [0.4, 0.5) is 9.18 Å². The minimum absolute atomic E-state index is 0.120. The molecule has 11 nitrogen and oxygen atoms in total. The first-order valence-electron chi connectivity index (χ1n) is 10.6.